The summed E-state index contributed by atoms with van der Waals surface area (Å²) >= 11 is 1.89. The van der Waals surface area contributed by atoms with E-state index in [0.717, 1.165) is 18.7 Å². The van der Waals surface area contributed by atoms with Crippen molar-refractivity contribution >= 4 is 18.0 Å². The van der Waals surface area contributed by atoms with Gasteiger partial charge in [-0.1, -0.05) is 24.3 Å². The van der Waals surface area contributed by atoms with Crippen molar-refractivity contribution in [3.63, 3.8) is 0 Å². The summed E-state index contributed by atoms with van der Waals surface area (Å²) in [6.45, 7) is 2.15. The molecule has 1 unspecified atom stereocenters. The minimum Gasteiger partial charge on any atom is -0.346 e. The van der Waals surface area contributed by atoms with Crippen LogP contribution in [0.4, 0.5) is 0 Å². The van der Waals surface area contributed by atoms with Gasteiger partial charge in [0.15, 0.2) is 5.54 Å². The van der Waals surface area contributed by atoms with Crippen LogP contribution in [0.1, 0.15) is 29.8 Å². The van der Waals surface area contributed by atoms with Crippen LogP contribution in [0.5, 0.6) is 0 Å². The molecule has 1 aromatic carbocycles. The van der Waals surface area contributed by atoms with Gasteiger partial charge >= 0.3 is 0 Å². The highest BCUT2D eigenvalue weighted by atomic mass is 32.2. The van der Waals surface area contributed by atoms with Crippen LogP contribution in [0.3, 0.4) is 0 Å². The number of nitrogens with one attached hydrogen (secondary N) is 1. The maximum atomic E-state index is 4.88. The number of aliphatic imine (C=N–C) groups is 1. The Kier molecular flexibility index (Phi) is 4.48. The molecule has 0 saturated heterocycles. The van der Waals surface area contributed by atoms with Crippen LogP contribution in [0, 0.1) is 6.92 Å². The summed E-state index contributed by atoms with van der Waals surface area (Å²) in [6, 6.07) is 8.47. The monoisotopic (exact) mass is 311 g/mol. The Labute approximate surface area is 136 Å². The average molecular weight is 311 g/mol. The van der Waals surface area contributed by atoms with Crippen molar-refractivity contribution in [3.05, 3.63) is 65.3 Å². The van der Waals surface area contributed by atoms with Crippen molar-refractivity contribution in [2.24, 2.45) is 4.99 Å². The zero-order valence-corrected chi connectivity index (χ0v) is 13.9. The predicted molar refractivity (Wildman–Crippen MR) is 94.7 cm³/mol. The number of imidazole rings is 1. The summed E-state index contributed by atoms with van der Waals surface area (Å²) in [4.78, 5) is 12.7. The molecule has 4 heteroatoms. The summed E-state index contributed by atoms with van der Waals surface area (Å²) < 4.78 is 0. The summed E-state index contributed by atoms with van der Waals surface area (Å²) in [5, 5.41) is 0. The Bertz CT molecular complexity index is 688. The van der Waals surface area contributed by atoms with Gasteiger partial charge in [-0.3, -0.25) is 4.99 Å². The van der Waals surface area contributed by atoms with Gasteiger partial charge in [-0.15, -0.1) is 0 Å². The quantitative estimate of drug-likeness (QED) is 0.815. The first kappa shape index (κ1) is 15.1. The molecule has 0 saturated carbocycles. The SMILES string of the molecule is CSCCCC1=CC=NC1(c1ncc[nH]1)c1ccccc1C. The molecule has 2 heterocycles. The summed E-state index contributed by atoms with van der Waals surface area (Å²) in [5.41, 5.74) is 3.31. The van der Waals surface area contributed by atoms with Gasteiger partial charge in [0, 0.05) is 18.6 Å². The van der Waals surface area contributed by atoms with E-state index in [2.05, 4.69) is 53.5 Å². The van der Waals surface area contributed by atoms with Crippen molar-refractivity contribution in [2.45, 2.75) is 25.3 Å². The summed E-state index contributed by atoms with van der Waals surface area (Å²) in [6.07, 6.45) is 12.1. The van der Waals surface area contributed by atoms with Gasteiger partial charge in [0.25, 0.3) is 0 Å². The molecule has 1 aliphatic heterocycles. The number of aryl methyl sites for hydroxylation is 1. The standard InChI is InChI=1S/C18H21N3S/c1-14-6-3-4-8-16(14)18(17-19-11-12-20-17)15(9-10-21-18)7-5-13-22-2/h3-4,6,8-12H,5,7,13H2,1-2H3,(H,19,20). The largest absolute Gasteiger partial charge is 0.346 e. The smallest absolute Gasteiger partial charge is 0.165 e. The van der Waals surface area contributed by atoms with Crippen molar-refractivity contribution in [1.82, 2.24) is 9.97 Å². The highest BCUT2D eigenvalue weighted by Crippen LogP contribution is 2.44. The molecule has 0 amide bonds. The molecule has 1 N–H and O–H groups in total. The lowest BCUT2D eigenvalue weighted by Gasteiger charge is -2.30. The van der Waals surface area contributed by atoms with Crippen LogP contribution in [0.15, 0.2) is 53.3 Å². The van der Waals surface area contributed by atoms with Gasteiger partial charge in [0.05, 0.1) is 0 Å². The molecule has 114 valence electrons. The van der Waals surface area contributed by atoms with Crippen molar-refractivity contribution in [1.29, 1.82) is 0 Å². The molecule has 0 aliphatic carbocycles. The summed E-state index contributed by atoms with van der Waals surface area (Å²) in [5.74, 6) is 2.07. The van der Waals surface area contributed by atoms with Gasteiger partial charge in [0.2, 0.25) is 0 Å². The van der Waals surface area contributed by atoms with E-state index < -0.39 is 5.54 Å². The highest BCUT2D eigenvalue weighted by molar-refractivity contribution is 7.98. The molecule has 2 aromatic rings. The van der Waals surface area contributed by atoms with E-state index in [1.165, 1.54) is 22.5 Å². The lowest BCUT2D eigenvalue weighted by molar-refractivity contribution is 0.580. The number of hydrogen-bond acceptors (Lipinski definition) is 3. The van der Waals surface area contributed by atoms with Crippen LogP contribution in [0.25, 0.3) is 0 Å². The van der Waals surface area contributed by atoms with Gasteiger partial charge in [-0.2, -0.15) is 11.8 Å². The normalized spacial score (nSPS) is 20.4. The first-order chi connectivity index (χ1) is 10.8. The molecule has 0 bridgehead atoms. The van der Waals surface area contributed by atoms with E-state index in [1.54, 1.807) is 0 Å². The van der Waals surface area contributed by atoms with Gasteiger partial charge in [0.1, 0.15) is 5.82 Å². The highest BCUT2D eigenvalue weighted by Gasteiger charge is 2.42. The van der Waals surface area contributed by atoms with Crippen molar-refractivity contribution in [3.8, 4) is 0 Å². The Morgan fingerprint density at radius 3 is 2.86 bits per heavy atom. The topological polar surface area (TPSA) is 41.0 Å². The van der Waals surface area contributed by atoms with Crippen LogP contribution in [0.2, 0.25) is 0 Å². The minimum absolute atomic E-state index is 0.479. The number of hydrogen-bond donors (Lipinski definition) is 1. The Morgan fingerprint density at radius 1 is 1.27 bits per heavy atom. The first-order valence-corrected chi connectivity index (χ1v) is 8.98. The number of nitrogens with zero attached hydrogens (tertiary/aromatic N) is 2. The molecule has 1 aromatic heterocycles. The number of benzene rings is 1. The maximum Gasteiger partial charge on any atom is 0.165 e. The number of H-pyrrole nitrogens is 1. The molecule has 3 rings (SSSR count). The van der Waals surface area contributed by atoms with E-state index >= 15 is 0 Å². The summed E-state index contributed by atoms with van der Waals surface area (Å²) in [7, 11) is 0. The molecule has 3 nitrogen and oxygen atoms in total. The van der Waals surface area contributed by atoms with E-state index in [0.29, 0.717) is 0 Å². The van der Waals surface area contributed by atoms with Crippen LogP contribution in [-0.4, -0.2) is 28.2 Å². The van der Waals surface area contributed by atoms with Crippen LogP contribution in [-0.2, 0) is 5.54 Å². The molecular formula is C18H21N3S. The van der Waals surface area contributed by atoms with E-state index in [9.17, 15) is 0 Å². The van der Waals surface area contributed by atoms with Gasteiger partial charge in [-0.05, 0) is 54.6 Å². The number of rotatable bonds is 6. The molecule has 1 atom stereocenters. The van der Waals surface area contributed by atoms with Crippen LogP contribution >= 0.6 is 11.8 Å². The van der Waals surface area contributed by atoms with Crippen molar-refractivity contribution < 1.29 is 0 Å². The second-order valence-electron chi connectivity index (χ2n) is 5.53. The van der Waals surface area contributed by atoms with Crippen LogP contribution < -0.4 is 0 Å². The van der Waals surface area contributed by atoms with E-state index in [1.807, 2.05) is 30.4 Å². The fourth-order valence-electron chi connectivity index (χ4n) is 3.14. The second kappa shape index (κ2) is 6.53. The zero-order chi connectivity index (χ0) is 15.4. The third kappa shape index (κ3) is 2.52. The number of aromatic nitrogens is 2. The second-order valence-corrected chi connectivity index (χ2v) is 6.52. The van der Waals surface area contributed by atoms with E-state index in [4.69, 9.17) is 4.99 Å². The van der Waals surface area contributed by atoms with Crippen molar-refractivity contribution in [2.75, 3.05) is 12.0 Å². The maximum absolute atomic E-state index is 4.88. The predicted octanol–water partition coefficient (Wildman–Crippen LogP) is 4.12. The number of thioether (sulfide) groups is 1. The lowest BCUT2D eigenvalue weighted by atomic mass is 9.79. The molecule has 0 spiro atoms. The van der Waals surface area contributed by atoms with Gasteiger partial charge in [-0.25, -0.2) is 4.98 Å². The van der Waals surface area contributed by atoms with E-state index in [-0.39, 0.29) is 0 Å². The first-order valence-electron chi connectivity index (χ1n) is 7.59. The molecule has 0 radical (unpaired) electrons. The average Bonchev–Trinajstić information content (AvgIpc) is 3.18. The minimum atomic E-state index is -0.479. The molecule has 0 fully saturated rings. The molecular weight excluding hydrogens is 290 g/mol. The molecule has 1 aliphatic rings. The lowest BCUT2D eigenvalue weighted by Crippen LogP contribution is -2.29. The fourth-order valence-corrected chi connectivity index (χ4v) is 3.57. The molecule has 22 heavy (non-hydrogen) atoms. The Hall–Kier alpha value is -1.81. The Balaban J connectivity index is 2.07. The number of aromatic amines is 1. The third-order valence-electron chi connectivity index (χ3n) is 4.18. The fraction of sp³-hybridized carbons (Fsp3) is 0.333. The Morgan fingerprint density at radius 2 is 2.14 bits per heavy atom. The van der Waals surface area contributed by atoms with Gasteiger partial charge < -0.3 is 4.98 Å². The number of allylic oxidation sites excluding steroid dienone is 1. The third-order valence-corrected chi connectivity index (χ3v) is 4.88. The zero-order valence-electron chi connectivity index (χ0n) is 13.0.